The van der Waals surface area contributed by atoms with Crippen LogP contribution in [0.4, 0.5) is 0 Å². The van der Waals surface area contributed by atoms with Gasteiger partial charge in [0.15, 0.2) is 18.1 Å². The van der Waals surface area contributed by atoms with Crippen LogP contribution in [0.2, 0.25) is 0 Å². The fraction of sp³-hybridized carbons (Fsp3) is 0.316. The lowest BCUT2D eigenvalue weighted by Crippen LogP contribution is -2.21. The third kappa shape index (κ3) is 6.52. The van der Waals surface area contributed by atoms with Crippen molar-refractivity contribution in [2.75, 3.05) is 13.2 Å². The SMILES string of the molecule is CCOc1cc(CNC(C)c2ccccc2)cc(Br)c1OCC(N)=O.Cl. The molecular formula is C19H24BrClN2O3. The molecule has 0 aliphatic heterocycles. The number of amides is 1. The van der Waals surface area contributed by atoms with Crippen LogP contribution in [0.5, 0.6) is 11.5 Å². The fourth-order valence-corrected chi connectivity index (χ4v) is 3.00. The third-order valence-electron chi connectivity index (χ3n) is 3.64. The predicted molar refractivity (Wildman–Crippen MR) is 109 cm³/mol. The molecule has 1 atom stereocenters. The second-order valence-corrected chi connectivity index (χ2v) is 6.46. The molecule has 7 heteroatoms. The Bertz CT molecular complexity index is 713. The summed E-state index contributed by atoms with van der Waals surface area (Å²) < 4.78 is 11.8. The van der Waals surface area contributed by atoms with Crippen molar-refractivity contribution in [3.8, 4) is 11.5 Å². The Hall–Kier alpha value is -1.76. The Morgan fingerprint density at radius 3 is 2.54 bits per heavy atom. The van der Waals surface area contributed by atoms with E-state index >= 15 is 0 Å². The molecule has 0 saturated carbocycles. The summed E-state index contributed by atoms with van der Waals surface area (Å²) in [5.74, 6) is 0.541. The second-order valence-electron chi connectivity index (χ2n) is 5.61. The summed E-state index contributed by atoms with van der Waals surface area (Å²) in [6.07, 6.45) is 0. The number of nitrogens with one attached hydrogen (secondary N) is 1. The molecule has 0 heterocycles. The highest BCUT2D eigenvalue weighted by molar-refractivity contribution is 9.10. The van der Waals surface area contributed by atoms with Crippen LogP contribution in [-0.2, 0) is 11.3 Å². The standard InChI is InChI=1S/C19H23BrN2O3.ClH/c1-3-24-17-10-14(9-16(20)19(17)25-12-18(21)23)11-22-13(2)15-7-5-4-6-8-15;/h4-10,13,22H,3,11-12H2,1-2H3,(H2,21,23);1H. The Morgan fingerprint density at radius 2 is 1.92 bits per heavy atom. The predicted octanol–water partition coefficient (Wildman–Crippen LogP) is 3.98. The first kappa shape index (κ1) is 22.3. The van der Waals surface area contributed by atoms with Gasteiger partial charge in [0, 0.05) is 12.6 Å². The lowest BCUT2D eigenvalue weighted by molar-refractivity contribution is -0.119. The van der Waals surface area contributed by atoms with Gasteiger partial charge in [-0.15, -0.1) is 12.4 Å². The van der Waals surface area contributed by atoms with E-state index < -0.39 is 5.91 Å². The van der Waals surface area contributed by atoms with Crippen molar-refractivity contribution in [3.63, 3.8) is 0 Å². The molecular weight excluding hydrogens is 420 g/mol. The molecule has 2 rings (SSSR count). The molecule has 3 N–H and O–H groups in total. The van der Waals surface area contributed by atoms with Crippen molar-refractivity contribution in [2.24, 2.45) is 5.73 Å². The van der Waals surface area contributed by atoms with Gasteiger partial charge >= 0.3 is 0 Å². The minimum absolute atomic E-state index is 0. The summed E-state index contributed by atoms with van der Waals surface area (Å²) in [7, 11) is 0. The highest BCUT2D eigenvalue weighted by Crippen LogP contribution is 2.37. The van der Waals surface area contributed by atoms with E-state index in [0.29, 0.717) is 24.7 Å². The number of primary amides is 1. The minimum atomic E-state index is -0.531. The summed E-state index contributed by atoms with van der Waals surface area (Å²) in [5, 5.41) is 3.49. The molecule has 142 valence electrons. The van der Waals surface area contributed by atoms with Gasteiger partial charge in [0.25, 0.3) is 5.91 Å². The van der Waals surface area contributed by atoms with Crippen LogP contribution in [0, 0.1) is 0 Å². The van der Waals surface area contributed by atoms with Gasteiger partial charge in [0.1, 0.15) is 0 Å². The number of hydrogen-bond acceptors (Lipinski definition) is 4. The Labute approximate surface area is 168 Å². The zero-order valence-corrected chi connectivity index (χ0v) is 17.2. The molecule has 2 aromatic carbocycles. The normalized spacial score (nSPS) is 11.3. The lowest BCUT2D eigenvalue weighted by atomic mass is 10.1. The van der Waals surface area contributed by atoms with Gasteiger partial charge in [-0.25, -0.2) is 0 Å². The summed E-state index contributed by atoms with van der Waals surface area (Å²) in [6, 6.07) is 14.3. The number of hydrogen-bond donors (Lipinski definition) is 2. The van der Waals surface area contributed by atoms with Crippen LogP contribution < -0.4 is 20.5 Å². The van der Waals surface area contributed by atoms with E-state index in [1.807, 2.05) is 37.3 Å². The number of benzene rings is 2. The van der Waals surface area contributed by atoms with Crippen molar-refractivity contribution < 1.29 is 14.3 Å². The van der Waals surface area contributed by atoms with Crippen molar-refractivity contribution >= 4 is 34.2 Å². The number of carbonyl (C=O) groups excluding carboxylic acids is 1. The van der Waals surface area contributed by atoms with Gasteiger partial charge in [0.2, 0.25) is 0 Å². The van der Waals surface area contributed by atoms with Gasteiger partial charge in [-0.3, -0.25) is 4.79 Å². The summed E-state index contributed by atoms with van der Waals surface area (Å²) in [4.78, 5) is 11.0. The molecule has 1 amide bonds. The zero-order valence-electron chi connectivity index (χ0n) is 14.8. The topological polar surface area (TPSA) is 73.6 Å². The van der Waals surface area contributed by atoms with Gasteiger partial charge in [-0.1, -0.05) is 30.3 Å². The minimum Gasteiger partial charge on any atom is -0.490 e. The van der Waals surface area contributed by atoms with Crippen LogP contribution in [0.25, 0.3) is 0 Å². The molecule has 0 bridgehead atoms. The van der Waals surface area contributed by atoms with Gasteiger partial charge in [-0.05, 0) is 53.0 Å². The molecule has 0 aliphatic rings. The quantitative estimate of drug-likeness (QED) is 0.615. The van der Waals surface area contributed by atoms with E-state index in [1.165, 1.54) is 5.56 Å². The fourth-order valence-electron chi connectivity index (χ4n) is 2.40. The Balaban J connectivity index is 0.00000338. The first-order chi connectivity index (χ1) is 12.0. The number of halogens is 2. The highest BCUT2D eigenvalue weighted by Gasteiger charge is 2.14. The molecule has 0 saturated heterocycles. The van der Waals surface area contributed by atoms with Gasteiger partial charge in [0.05, 0.1) is 11.1 Å². The Morgan fingerprint density at radius 1 is 1.23 bits per heavy atom. The van der Waals surface area contributed by atoms with E-state index in [9.17, 15) is 4.79 Å². The van der Waals surface area contributed by atoms with Crippen LogP contribution >= 0.6 is 28.3 Å². The van der Waals surface area contributed by atoms with Crippen LogP contribution in [0.15, 0.2) is 46.9 Å². The molecule has 0 aromatic heterocycles. The molecule has 0 radical (unpaired) electrons. The smallest absolute Gasteiger partial charge is 0.255 e. The van der Waals surface area contributed by atoms with Gasteiger partial charge < -0.3 is 20.5 Å². The monoisotopic (exact) mass is 442 g/mol. The van der Waals surface area contributed by atoms with Crippen molar-refractivity contribution in [1.82, 2.24) is 5.32 Å². The zero-order chi connectivity index (χ0) is 18.2. The summed E-state index contributed by atoms with van der Waals surface area (Å²) in [6.45, 7) is 5.00. The van der Waals surface area contributed by atoms with Crippen molar-refractivity contribution in [1.29, 1.82) is 0 Å². The van der Waals surface area contributed by atoms with Crippen LogP contribution in [0.1, 0.15) is 31.0 Å². The number of rotatable bonds is 9. The van der Waals surface area contributed by atoms with Crippen molar-refractivity contribution in [3.05, 3.63) is 58.1 Å². The van der Waals surface area contributed by atoms with Crippen LogP contribution in [-0.4, -0.2) is 19.1 Å². The van der Waals surface area contributed by atoms with E-state index in [2.05, 4.69) is 40.3 Å². The largest absolute Gasteiger partial charge is 0.490 e. The molecule has 26 heavy (non-hydrogen) atoms. The van der Waals surface area contributed by atoms with Crippen molar-refractivity contribution in [2.45, 2.75) is 26.4 Å². The van der Waals surface area contributed by atoms with E-state index in [1.54, 1.807) is 0 Å². The van der Waals surface area contributed by atoms with E-state index in [4.69, 9.17) is 15.2 Å². The van der Waals surface area contributed by atoms with Crippen LogP contribution in [0.3, 0.4) is 0 Å². The number of ether oxygens (including phenoxy) is 2. The van der Waals surface area contributed by atoms with E-state index in [0.717, 1.165) is 10.0 Å². The molecule has 2 aromatic rings. The number of nitrogens with two attached hydrogens (primary N) is 1. The third-order valence-corrected chi connectivity index (χ3v) is 4.23. The first-order valence-corrected chi connectivity index (χ1v) is 8.95. The summed E-state index contributed by atoms with van der Waals surface area (Å²) >= 11 is 3.49. The first-order valence-electron chi connectivity index (χ1n) is 8.16. The average molecular weight is 444 g/mol. The molecule has 0 spiro atoms. The average Bonchev–Trinajstić information content (AvgIpc) is 2.59. The lowest BCUT2D eigenvalue weighted by Gasteiger charge is -2.17. The molecule has 0 fully saturated rings. The molecule has 1 unspecified atom stereocenters. The maximum Gasteiger partial charge on any atom is 0.255 e. The molecule has 0 aliphatic carbocycles. The molecule has 5 nitrogen and oxygen atoms in total. The maximum absolute atomic E-state index is 11.0. The second kappa shape index (κ2) is 11.1. The highest BCUT2D eigenvalue weighted by atomic mass is 79.9. The van der Waals surface area contributed by atoms with E-state index in [-0.39, 0.29) is 25.1 Å². The Kier molecular flexibility index (Phi) is 9.48. The number of carbonyl (C=O) groups is 1. The van der Waals surface area contributed by atoms with Gasteiger partial charge in [-0.2, -0.15) is 0 Å². The summed E-state index contributed by atoms with van der Waals surface area (Å²) in [5.41, 5.74) is 7.43. The maximum atomic E-state index is 11.0.